The number of benzene rings is 1. The van der Waals surface area contributed by atoms with E-state index in [9.17, 15) is 9.59 Å². The Kier molecular flexibility index (Phi) is 5.92. The van der Waals surface area contributed by atoms with Crippen LogP contribution in [-0.2, 0) is 22.5 Å². The zero-order chi connectivity index (χ0) is 19.6. The maximum atomic E-state index is 12.4. The van der Waals surface area contributed by atoms with Gasteiger partial charge in [-0.25, -0.2) is 9.48 Å². The molecule has 27 heavy (non-hydrogen) atoms. The lowest BCUT2D eigenvalue weighted by molar-refractivity contribution is -0.130. The third-order valence-corrected chi connectivity index (χ3v) is 4.71. The van der Waals surface area contributed by atoms with Crippen molar-refractivity contribution in [3.8, 4) is 11.4 Å². The molecule has 0 N–H and O–H groups in total. The van der Waals surface area contributed by atoms with Crippen LogP contribution in [-0.4, -0.2) is 51.7 Å². The van der Waals surface area contributed by atoms with Gasteiger partial charge in [0.1, 0.15) is 5.75 Å². The highest BCUT2D eigenvalue weighted by molar-refractivity contribution is 6.53. The number of amides is 1. The number of alkyl halides is 2. The van der Waals surface area contributed by atoms with E-state index in [-0.39, 0.29) is 18.8 Å². The zero-order valence-electron chi connectivity index (χ0n) is 14.9. The molecule has 0 atom stereocenters. The van der Waals surface area contributed by atoms with E-state index in [4.69, 9.17) is 32.7 Å². The molecule has 0 bridgehead atoms. The Labute approximate surface area is 166 Å². The lowest BCUT2D eigenvalue weighted by Gasteiger charge is -2.28. The molecule has 144 valence electrons. The Morgan fingerprint density at radius 1 is 1.26 bits per heavy atom. The summed E-state index contributed by atoms with van der Waals surface area (Å²) >= 11 is 11.4. The van der Waals surface area contributed by atoms with Gasteiger partial charge in [0.25, 0.3) is 5.91 Å². The van der Waals surface area contributed by atoms with Crippen molar-refractivity contribution in [1.29, 1.82) is 0 Å². The molecule has 2 aromatic rings. The van der Waals surface area contributed by atoms with Gasteiger partial charge in [-0.3, -0.25) is 4.79 Å². The summed E-state index contributed by atoms with van der Waals surface area (Å²) in [6, 6.07) is 7.34. The van der Waals surface area contributed by atoms with Crippen LogP contribution in [0.25, 0.3) is 5.69 Å². The highest BCUT2D eigenvalue weighted by atomic mass is 35.5. The number of esters is 1. The van der Waals surface area contributed by atoms with Crippen LogP contribution in [0, 0.1) is 0 Å². The van der Waals surface area contributed by atoms with Crippen molar-refractivity contribution >= 4 is 35.1 Å². The second-order valence-corrected chi connectivity index (χ2v) is 7.01. The van der Waals surface area contributed by atoms with Crippen molar-refractivity contribution in [2.24, 2.45) is 0 Å². The number of aromatic nitrogens is 2. The zero-order valence-corrected chi connectivity index (χ0v) is 16.5. The molecular weight excluding hydrogens is 393 g/mol. The largest absolute Gasteiger partial charge is 0.497 e. The van der Waals surface area contributed by atoms with Crippen LogP contribution in [0.2, 0.25) is 0 Å². The van der Waals surface area contributed by atoms with Crippen LogP contribution in [0.1, 0.15) is 28.7 Å². The predicted octanol–water partition coefficient (Wildman–Crippen LogP) is 2.75. The summed E-state index contributed by atoms with van der Waals surface area (Å²) in [5, 5.41) is 4.47. The molecule has 0 aliphatic carbocycles. The van der Waals surface area contributed by atoms with Crippen molar-refractivity contribution in [3.63, 3.8) is 0 Å². The number of rotatable bonds is 5. The summed E-state index contributed by atoms with van der Waals surface area (Å²) in [7, 11) is 1.59. The molecule has 0 saturated carbocycles. The number of hydrogen-bond acceptors (Lipinski definition) is 5. The van der Waals surface area contributed by atoms with E-state index in [1.54, 1.807) is 18.7 Å². The van der Waals surface area contributed by atoms with Gasteiger partial charge in [0.05, 0.1) is 31.6 Å². The molecule has 1 aliphatic rings. The number of carbonyl (C=O) groups excluding carboxylic acids is 2. The third kappa shape index (κ3) is 3.89. The van der Waals surface area contributed by atoms with E-state index >= 15 is 0 Å². The molecule has 7 nitrogen and oxygen atoms in total. The van der Waals surface area contributed by atoms with Crippen LogP contribution in [0.5, 0.6) is 5.75 Å². The van der Waals surface area contributed by atoms with E-state index in [1.807, 2.05) is 24.3 Å². The maximum absolute atomic E-state index is 12.4. The first kappa shape index (κ1) is 19.5. The Balaban J connectivity index is 2.03. The van der Waals surface area contributed by atoms with Crippen LogP contribution in [0.3, 0.4) is 0 Å². The van der Waals surface area contributed by atoms with Gasteiger partial charge in [0, 0.05) is 18.5 Å². The first-order chi connectivity index (χ1) is 13.0. The predicted molar refractivity (Wildman–Crippen MR) is 101 cm³/mol. The highest BCUT2D eigenvalue weighted by Gasteiger charge is 2.32. The van der Waals surface area contributed by atoms with Crippen LogP contribution in [0.15, 0.2) is 24.3 Å². The van der Waals surface area contributed by atoms with Crippen molar-refractivity contribution < 1.29 is 19.1 Å². The Bertz CT molecular complexity index is 849. The first-order valence-corrected chi connectivity index (χ1v) is 9.32. The van der Waals surface area contributed by atoms with Crippen LogP contribution < -0.4 is 4.74 Å². The molecule has 0 unspecified atom stereocenters. The molecule has 0 radical (unpaired) electrons. The molecule has 1 amide bonds. The Hall–Kier alpha value is -2.25. The van der Waals surface area contributed by atoms with Gasteiger partial charge >= 0.3 is 5.97 Å². The highest BCUT2D eigenvalue weighted by Crippen LogP contribution is 2.28. The van der Waals surface area contributed by atoms with Crippen molar-refractivity contribution in [2.75, 3.05) is 20.3 Å². The van der Waals surface area contributed by atoms with Crippen molar-refractivity contribution in [3.05, 3.63) is 41.2 Å². The van der Waals surface area contributed by atoms with Crippen molar-refractivity contribution in [2.45, 2.75) is 24.7 Å². The molecule has 0 saturated heterocycles. The molecule has 1 aliphatic heterocycles. The minimum Gasteiger partial charge on any atom is -0.497 e. The minimum atomic E-state index is -1.14. The van der Waals surface area contributed by atoms with Gasteiger partial charge < -0.3 is 14.4 Å². The van der Waals surface area contributed by atoms with Crippen molar-refractivity contribution in [1.82, 2.24) is 14.7 Å². The van der Waals surface area contributed by atoms with E-state index in [0.29, 0.717) is 18.5 Å². The Morgan fingerprint density at radius 3 is 2.56 bits per heavy atom. The summed E-state index contributed by atoms with van der Waals surface area (Å²) in [4.78, 5) is 24.9. The molecule has 2 heterocycles. The third-order valence-electron chi connectivity index (χ3n) is 4.34. The maximum Gasteiger partial charge on any atom is 0.359 e. The number of nitrogens with zero attached hydrogens (tertiary/aromatic N) is 3. The number of carbonyl (C=O) groups is 2. The van der Waals surface area contributed by atoms with Gasteiger partial charge in [-0.1, -0.05) is 23.2 Å². The van der Waals surface area contributed by atoms with E-state index in [0.717, 1.165) is 17.1 Å². The van der Waals surface area contributed by atoms with E-state index in [1.165, 1.54) is 4.90 Å². The molecular formula is C18H19Cl2N3O4. The fourth-order valence-corrected chi connectivity index (χ4v) is 3.32. The Morgan fingerprint density at radius 2 is 1.96 bits per heavy atom. The molecule has 3 rings (SSSR count). The number of halogens is 2. The topological polar surface area (TPSA) is 73.7 Å². The van der Waals surface area contributed by atoms with Gasteiger partial charge in [0.2, 0.25) is 0 Å². The average molecular weight is 412 g/mol. The monoisotopic (exact) mass is 411 g/mol. The van der Waals surface area contributed by atoms with Gasteiger partial charge in [0.15, 0.2) is 10.5 Å². The lowest BCUT2D eigenvalue weighted by atomic mass is 10.0. The number of methoxy groups -OCH3 is 1. The summed E-state index contributed by atoms with van der Waals surface area (Å²) in [6.07, 6.45) is 0.514. The fourth-order valence-electron chi connectivity index (χ4n) is 3.05. The van der Waals surface area contributed by atoms with Gasteiger partial charge in [-0.15, -0.1) is 0 Å². The summed E-state index contributed by atoms with van der Waals surface area (Å²) < 4.78 is 12.0. The standard InChI is InChI=1S/C18H19Cl2N3O4/c1-3-27-18(25)15-13-10-22(17(24)16(19)20)9-8-14(13)23(21-15)11-4-6-12(26-2)7-5-11/h4-7,16H,3,8-10H2,1-2H3. The number of fused-ring (bicyclic) bond motifs is 1. The lowest BCUT2D eigenvalue weighted by Crippen LogP contribution is -2.39. The molecule has 1 aromatic heterocycles. The smallest absolute Gasteiger partial charge is 0.359 e. The molecule has 1 aromatic carbocycles. The second kappa shape index (κ2) is 8.19. The second-order valence-electron chi connectivity index (χ2n) is 5.91. The number of hydrogen-bond donors (Lipinski definition) is 0. The first-order valence-electron chi connectivity index (χ1n) is 8.45. The summed E-state index contributed by atoms with van der Waals surface area (Å²) in [5.41, 5.74) is 2.49. The quantitative estimate of drug-likeness (QED) is 0.558. The van der Waals surface area contributed by atoms with E-state index < -0.39 is 16.7 Å². The number of ether oxygens (including phenoxy) is 2. The van der Waals surface area contributed by atoms with Gasteiger partial charge in [-0.05, 0) is 31.2 Å². The minimum absolute atomic E-state index is 0.195. The fraction of sp³-hybridized carbons (Fsp3) is 0.389. The SMILES string of the molecule is CCOC(=O)c1nn(-c2ccc(OC)cc2)c2c1CN(C(=O)C(Cl)Cl)CC2. The summed E-state index contributed by atoms with van der Waals surface area (Å²) in [5.74, 6) is -0.197. The molecule has 0 spiro atoms. The summed E-state index contributed by atoms with van der Waals surface area (Å²) in [6.45, 7) is 2.60. The van der Waals surface area contributed by atoms with Crippen LogP contribution in [0.4, 0.5) is 0 Å². The molecule has 0 fully saturated rings. The normalized spacial score (nSPS) is 13.4. The average Bonchev–Trinajstić information content (AvgIpc) is 3.06. The van der Waals surface area contributed by atoms with Gasteiger partial charge in [-0.2, -0.15) is 5.10 Å². The van der Waals surface area contributed by atoms with E-state index in [2.05, 4.69) is 5.10 Å². The van der Waals surface area contributed by atoms with Crippen LogP contribution >= 0.6 is 23.2 Å². The molecule has 9 heteroatoms.